The van der Waals surface area contributed by atoms with Crippen LogP contribution in [0.5, 0.6) is 0 Å². The van der Waals surface area contributed by atoms with Crippen molar-refractivity contribution in [2.45, 2.75) is 138 Å². The Balaban J connectivity index is 2.44. The van der Waals surface area contributed by atoms with Gasteiger partial charge in [0.1, 0.15) is 0 Å². The molecule has 1 aliphatic carbocycles. The summed E-state index contributed by atoms with van der Waals surface area (Å²) in [4.78, 5) is 0. The molecule has 0 aromatic carbocycles. The Morgan fingerprint density at radius 3 is 2.07 bits per heavy atom. The molecule has 0 bridgehead atoms. The van der Waals surface area contributed by atoms with Crippen molar-refractivity contribution < 1.29 is 0 Å². The zero-order valence-electron chi connectivity index (χ0n) is 20.9. The van der Waals surface area contributed by atoms with E-state index in [1.807, 2.05) is 0 Å². The van der Waals surface area contributed by atoms with Crippen molar-refractivity contribution in [2.24, 2.45) is 41.4 Å². The molecule has 0 aliphatic heterocycles. The van der Waals surface area contributed by atoms with E-state index in [-0.39, 0.29) is 0 Å². The van der Waals surface area contributed by atoms with E-state index in [4.69, 9.17) is 0 Å². The van der Waals surface area contributed by atoms with Gasteiger partial charge in [-0.05, 0) is 60.7 Å². The molecule has 7 unspecified atom stereocenters. The second-order valence-corrected chi connectivity index (χ2v) is 10.8. The summed E-state index contributed by atoms with van der Waals surface area (Å²) in [5.74, 6) is 6.90. The lowest BCUT2D eigenvalue weighted by atomic mass is 9.78. The summed E-state index contributed by atoms with van der Waals surface area (Å²) >= 11 is 0. The van der Waals surface area contributed by atoms with Crippen LogP contribution >= 0.6 is 0 Å². The highest BCUT2D eigenvalue weighted by Gasteiger charge is 2.39. The topological polar surface area (TPSA) is 0 Å². The molecule has 7 atom stereocenters. The molecule has 1 rings (SSSR count). The number of rotatable bonds is 16. The zero-order valence-corrected chi connectivity index (χ0v) is 20.9. The number of hydrogen-bond donors (Lipinski definition) is 0. The van der Waals surface area contributed by atoms with Crippen molar-refractivity contribution in [1.29, 1.82) is 0 Å². The Morgan fingerprint density at radius 1 is 0.714 bits per heavy atom. The van der Waals surface area contributed by atoms with Crippen molar-refractivity contribution in [3.8, 4) is 0 Å². The van der Waals surface area contributed by atoms with Gasteiger partial charge in [-0.2, -0.15) is 0 Å². The molecule has 0 heterocycles. The fourth-order valence-corrected chi connectivity index (χ4v) is 6.20. The van der Waals surface area contributed by atoms with Crippen LogP contribution in [0.1, 0.15) is 138 Å². The maximum Gasteiger partial charge on any atom is -0.0355 e. The minimum Gasteiger partial charge on any atom is -0.0654 e. The van der Waals surface area contributed by atoms with Gasteiger partial charge in [0.25, 0.3) is 0 Å². The molecular formula is C28H56. The lowest BCUT2D eigenvalue weighted by molar-refractivity contribution is 0.227. The van der Waals surface area contributed by atoms with Gasteiger partial charge in [-0.1, -0.05) is 119 Å². The van der Waals surface area contributed by atoms with Crippen LogP contribution in [0.15, 0.2) is 0 Å². The largest absolute Gasteiger partial charge is 0.0654 e. The average molecular weight is 393 g/mol. The zero-order chi connectivity index (χ0) is 20.9. The fourth-order valence-electron chi connectivity index (χ4n) is 6.20. The highest BCUT2D eigenvalue weighted by molar-refractivity contribution is 4.88. The molecular weight excluding hydrogens is 336 g/mol. The maximum atomic E-state index is 2.57. The van der Waals surface area contributed by atoms with Gasteiger partial charge in [0.2, 0.25) is 0 Å². The molecule has 0 aromatic heterocycles. The van der Waals surface area contributed by atoms with Gasteiger partial charge < -0.3 is 0 Å². The Bertz CT molecular complexity index is 359. The second kappa shape index (κ2) is 14.9. The summed E-state index contributed by atoms with van der Waals surface area (Å²) in [6.07, 6.45) is 20.3. The number of unbranched alkanes of at least 4 members (excludes halogenated alkanes) is 1. The smallest absolute Gasteiger partial charge is 0.0355 e. The van der Waals surface area contributed by atoms with E-state index in [2.05, 4.69) is 48.5 Å². The summed E-state index contributed by atoms with van der Waals surface area (Å²) in [7, 11) is 0. The van der Waals surface area contributed by atoms with Crippen LogP contribution < -0.4 is 0 Å². The fraction of sp³-hybridized carbons (Fsp3) is 1.00. The molecule has 0 aromatic rings. The Morgan fingerprint density at radius 2 is 1.46 bits per heavy atom. The normalized spacial score (nSPS) is 28.4. The van der Waals surface area contributed by atoms with Crippen molar-refractivity contribution in [1.82, 2.24) is 0 Å². The van der Waals surface area contributed by atoms with E-state index >= 15 is 0 Å². The molecule has 0 radical (unpaired) electrons. The van der Waals surface area contributed by atoms with E-state index in [0.717, 1.165) is 41.4 Å². The Hall–Kier alpha value is 0. The molecule has 0 nitrogen and oxygen atoms in total. The predicted molar refractivity (Wildman–Crippen MR) is 129 cm³/mol. The minimum absolute atomic E-state index is 0.931. The molecule has 0 heteroatoms. The van der Waals surface area contributed by atoms with E-state index in [1.54, 1.807) is 0 Å². The standard InChI is InChI=1S/C28H56/c1-8-14-25(10-3)19-17-23(6)18-20-28-26(11-4)21-24(7)27(28)16-13-12-15-22(5)9-2/h22-28H,8-21H2,1-7H3. The molecule has 28 heavy (non-hydrogen) atoms. The maximum absolute atomic E-state index is 2.57. The molecule has 0 saturated heterocycles. The third kappa shape index (κ3) is 9.21. The van der Waals surface area contributed by atoms with Crippen molar-refractivity contribution in [2.75, 3.05) is 0 Å². The van der Waals surface area contributed by atoms with Gasteiger partial charge in [-0.3, -0.25) is 0 Å². The van der Waals surface area contributed by atoms with Crippen LogP contribution in [0.4, 0.5) is 0 Å². The summed E-state index contributed by atoms with van der Waals surface area (Å²) in [6, 6.07) is 0. The van der Waals surface area contributed by atoms with Crippen LogP contribution in [0.3, 0.4) is 0 Å². The van der Waals surface area contributed by atoms with Crippen LogP contribution in [0, 0.1) is 41.4 Å². The quantitative estimate of drug-likeness (QED) is 0.229. The highest BCUT2D eigenvalue weighted by atomic mass is 14.4. The first-order valence-electron chi connectivity index (χ1n) is 13.5. The highest BCUT2D eigenvalue weighted by Crippen LogP contribution is 2.48. The molecule has 0 spiro atoms. The Kier molecular flexibility index (Phi) is 13.9. The van der Waals surface area contributed by atoms with Gasteiger partial charge in [-0.15, -0.1) is 0 Å². The summed E-state index contributed by atoms with van der Waals surface area (Å²) in [5, 5.41) is 0. The molecule has 0 N–H and O–H groups in total. The second-order valence-electron chi connectivity index (χ2n) is 10.8. The van der Waals surface area contributed by atoms with E-state index in [1.165, 1.54) is 89.9 Å². The minimum atomic E-state index is 0.931. The van der Waals surface area contributed by atoms with Gasteiger partial charge >= 0.3 is 0 Å². The van der Waals surface area contributed by atoms with Crippen molar-refractivity contribution in [3.63, 3.8) is 0 Å². The van der Waals surface area contributed by atoms with E-state index < -0.39 is 0 Å². The van der Waals surface area contributed by atoms with Gasteiger partial charge in [0.05, 0.1) is 0 Å². The van der Waals surface area contributed by atoms with Gasteiger partial charge in [0.15, 0.2) is 0 Å². The van der Waals surface area contributed by atoms with Crippen molar-refractivity contribution >= 4 is 0 Å². The average Bonchev–Trinajstić information content (AvgIpc) is 3.01. The first kappa shape index (κ1) is 26.0. The van der Waals surface area contributed by atoms with Gasteiger partial charge in [0, 0.05) is 0 Å². The summed E-state index contributed by atoms with van der Waals surface area (Å²) in [5.41, 5.74) is 0. The first-order valence-corrected chi connectivity index (χ1v) is 13.5. The van der Waals surface area contributed by atoms with E-state index in [0.29, 0.717) is 0 Å². The van der Waals surface area contributed by atoms with Crippen LogP contribution in [0.2, 0.25) is 0 Å². The molecule has 1 aliphatic rings. The third-order valence-electron chi connectivity index (χ3n) is 8.60. The van der Waals surface area contributed by atoms with Crippen LogP contribution in [-0.4, -0.2) is 0 Å². The van der Waals surface area contributed by atoms with Crippen molar-refractivity contribution in [3.05, 3.63) is 0 Å². The Labute approximate surface area is 180 Å². The van der Waals surface area contributed by atoms with Gasteiger partial charge in [-0.25, -0.2) is 0 Å². The van der Waals surface area contributed by atoms with Crippen LogP contribution in [-0.2, 0) is 0 Å². The summed E-state index contributed by atoms with van der Waals surface area (Å²) in [6.45, 7) is 17.1. The predicted octanol–water partition coefficient (Wildman–Crippen LogP) is 9.91. The lowest BCUT2D eigenvalue weighted by Gasteiger charge is -2.27. The number of hydrogen-bond acceptors (Lipinski definition) is 0. The van der Waals surface area contributed by atoms with Crippen LogP contribution in [0.25, 0.3) is 0 Å². The third-order valence-corrected chi connectivity index (χ3v) is 8.60. The molecule has 1 saturated carbocycles. The monoisotopic (exact) mass is 392 g/mol. The SMILES string of the molecule is CCCC(CC)CCC(C)CCC1C(CC)CC(C)C1CCCCC(C)CC. The molecule has 0 amide bonds. The van der Waals surface area contributed by atoms with E-state index in [9.17, 15) is 0 Å². The first-order chi connectivity index (χ1) is 13.5. The molecule has 168 valence electrons. The summed E-state index contributed by atoms with van der Waals surface area (Å²) < 4.78 is 0. The molecule has 1 fully saturated rings. The lowest BCUT2D eigenvalue weighted by Crippen LogP contribution is -2.18.